The van der Waals surface area contributed by atoms with E-state index in [9.17, 15) is 4.79 Å². The van der Waals surface area contributed by atoms with Crippen LogP contribution in [0.5, 0.6) is 0 Å². The Morgan fingerprint density at radius 3 is 2.54 bits per heavy atom. The first-order valence-corrected chi connectivity index (χ1v) is 4.77. The molecule has 1 nitrogen and oxygen atoms in total. The molecule has 1 heteroatoms. The molecule has 0 saturated carbocycles. The number of carbonyl (C=O) groups excluding carboxylic acids is 1. The first-order valence-electron chi connectivity index (χ1n) is 4.77. The number of hydrogen-bond acceptors (Lipinski definition) is 1. The van der Waals surface area contributed by atoms with Crippen LogP contribution in [-0.2, 0) is 4.79 Å². The molecule has 0 unspecified atom stereocenters. The van der Waals surface area contributed by atoms with Crippen LogP contribution in [0.3, 0.4) is 0 Å². The Labute approximate surface area is 80.5 Å². The Morgan fingerprint density at radius 1 is 1.46 bits per heavy atom. The first-order chi connectivity index (χ1) is 5.89. The zero-order chi connectivity index (χ0) is 10.1. The lowest BCUT2D eigenvalue weighted by atomic mass is 9.75. The Hall–Kier alpha value is -0.850. The van der Waals surface area contributed by atoms with Gasteiger partial charge >= 0.3 is 0 Å². The molecule has 0 atom stereocenters. The van der Waals surface area contributed by atoms with Crippen molar-refractivity contribution in [2.45, 2.75) is 40.5 Å². The molecule has 0 aromatic carbocycles. The van der Waals surface area contributed by atoms with Crippen molar-refractivity contribution < 1.29 is 4.79 Å². The van der Waals surface area contributed by atoms with Gasteiger partial charge in [0.05, 0.1) is 0 Å². The maximum atomic E-state index is 10.9. The molecule has 0 spiro atoms. The lowest BCUT2D eigenvalue weighted by Gasteiger charge is -2.30. The van der Waals surface area contributed by atoms with Crippen molar-refractivity contribution in [1.82, 2.24) is 0 Å². The first kappa shape index (κ1) is 10.2. The van der Waals surface area contributed by atoms with E-state index in [1.807, 2.05) is 0 Å². The average molecular weight is 178 g/mol. The van der Waals surface area contributed by atoms with Crippen LogP contribution in [0.4, 0.5) is 0 Å². The van der Waals surface area contributed by atoms with Gasteiger partial charge in [-0.25, -0.2) is 0 Å². The van der Waals surface area contributed by atoms with Gasteiger partial charge in [-0.05, 0) is 43.8 Å². The SMILES string of the molecule is CC(=O)/C=C1/C=C(C)CC(C)(C)C1. The lowest BCUT2D eigenvalue weighted by molar-refractivity contribution is -0.112. The van der Waals surface area contributed by atoms with Crippen molar-refractivity contribution >= 4 is 5.78 Å². The number of carbonyl (C=O) groups is 1. The van der Waals surface area contributed by atoms with E-state index in [0.29, 0.717) is 5.41 Å². The minimum absolute atomic E-state index is 0.150. The fourth-order valence-corrected chi connectivity index (χ4v) is 2.14. The van der Waals surface area contributed by atoms with Crippen molar-refractivity contribution in [3.05, 3.63) is 23.3 Å². The Kier molecular flexibility index (Phi) is 2.74. The second kappa shape index (κ2) is 3.49. The zero-order valence-electron chi connectivity index (χ0n) is 8.98. The summed E-state index contributed by atoms with van der Waals surface area (Å²) >= 11 is 0. The Balaban J connectivity index is 2.91. The van der Waals surface area contributed by atoms with Crippen molar-refractivity contribution in [2.24, 2.45) is 5.41 Å². The summed E-state index contributed by atoms with van der Waals surface area (Å²) in [5.74, 6) is 0.150. The molecule has 1 aliphatic rings. The maximum Gasteiger partial charge on any atom is 0.152 e. The predicted octanol–water partition coefficient (Wildman–Crippen LogP) is 3.27. The summed E-state index contributed by atoms with van der Waals surface area (Å²) in [7, 11) is 0. The number of allylic oxidation sites excluding steroid dienone is 4. The number of ketones is 1. The fraction of sp³-hybridized carbons (Fsp3) is 0.583. The van der Waals surface area contributed by atoms with Crippen LogP contribution in [0, 0.1) is 5.41 Å². The summed E-state index contributed by atoms with van der Waals surface area (Å²) < 4.78 is 0. The van der Waals surface area contributed by atoms with E-state index in [1.54, 1.807) is 13.0 Å². The molecule has 1 rings (SSSR count). The molecule has 0 aromatic rings. The van der Waals surface area contributed by atoms with Crippen molar-refractivity contribution in [3.63, 3.8) is 0 Å². The predicted molar refractivity (Wildman–Crippen MR) is 55.5 cm³/mol. The highest BCUT2D eigenvalue weighted by molar-refractivity contribution is 5.88. The highest BCUT2D eigenvalue weighted by atomic mass is 16.1. The van der Waals surface area contributed by atoms with Gasteiger partial charge in [0.2, 0.25) is 0 Å². The van der Waals surface area contributed by atoms with E-state index < -0.39 is 0 Å². The van der Waals surface area contributed by atoms with Gasteiger partial charge < -0.3 is 0 Å². The van der Waals surface area contributed by atoms with Crippen LogP contribution in [-0.4, -0.2) is 5.78 Å². The van der Waals surface area contributed by atoms with Gasteiger partial charge in [0.1, 0.15) is 0 Å². The topological polar surface area (TPSA) is 17.1 Å². The fourth-order valence-electron chi connectivity index (χ4n) is 2.14. The highest BCUT2D eigenvalue weighted by Crippen LogP contribution is 2.37. The van der Waals surface area contributed by atoms with Gasteiger partial charge in [0.25, 0.3) is 0 Å². The molecule has 0 amide bonds. The molecule has 72 valence electrons. The van der Waals surface area contributed by atoms with Crippen LogP contribution in [0.1, 0.15) is 40.5 Å². The van der Waals surface area contributed by atoms with E-state index in [4.69, 9.17) is 0 Å². The van der Waals surface area contributed by atoms with Gasteiger partial charge in [-0.1, -0.05) is 25.5 Å². The Morgan fingerprint density at radius 2 is 2.08 bits per heavy atom. The summed E-state index contributed by atoms with van der Waals surface area (Å²) in [6, 6.07) is 0. The molecule has 0 aliphatic heterocycles. The van der Waals surface area contributed by atoms with Gasteiger partial charge in [-0.2, -0.15) is 0 Å². The van der Waals surface area contributed by atoms with Gasteiger partial charge in [-0.3, -0.25) is 4.79 Å². The Bertz CT molecular complexity index is 279. The average Bonchev–Trinajstić information content (AvgIpc) is 1.78. The molecule has 0 aromatic heterocycles. The number of hydrogen-bond donors (Lipinski definition) is 0. The molecule has 0 fully saturated rings. The summed E-state index contributed by atoms with van der Waals surface area (Å²) in [5, 5.41) is 0. The smallest absolute Gasteiger partial charge is 0.152 e. The summed E-state index contributed by atoms with van der Waals surface area (Å²) in [6.07, 6.45) is 6.06. The third-order valence-electron chi connectivity index (χ3n) is 2.26. The van der Waals surface area contributed by atoms with E-state index in [2.05, 4.69) is 26.8 Å². The molecular formula is C12H18O. The lowest BCUT2D eigenvalue weighted by Crippen LogP contribution is -2.16. The van der Waals surface area contributed by atoms with E-state index in [1.165, 1.54) is 11.1 Å². The molecule has 0 saturated heterocycles. The van der Waals surface area contributed by atoms with Crippen LogP contribution in [0.15, 0.2) is 23.3 Å². The van der Waals surface area contributed by atoms with Gasteiger partial charge in [0.15, 0.2) is 5.78 Å². The third-order valence-corrected chi connectivity index (χ3v) is 2.26. The molecular weight excluding hydrogens is 160 g/mol. The zero-order valence-corrected chi connectivity index (χ0v) is 8.98. The quantitative estimate of drug-likeness (QED) is 0.563. The van der Waals surface area contributed by atoms with Gasteiger partial charge in [-0.15, -0.1) is 0 Å². The summed E-state index contributed by atoms with van der Waals surface area (Å²) in [6.45, 7) is 8.24. The van der Waals surface area contributed by atoms with Crippen molar-refractivity contribution in [3.8, 4) is 0 Å². The summed E-state index contributed by atoms with van der Waals surface area (Å²) in [4.78, 5) is 10.9. The van der Waals surface area contributed by atoms with E-state index in [0.717, 1.165) is 12.8 Å². The van der Waals surface area contributed by atoms with Crippen LogP contribution < -0.4 is 0 Å². The standard InChI is InChI=1S/C12H18O/c1-9-5-11(6-10(2)13)8-12(3,4)7-9/h5-6H,7-8H2,1-4H3/b11-6-. The highest BCUT2D eigenvalue weighted by Gasteiger charge is 2.23. The third kappa shape index (κ3) is 3.17. The second-order valence-corrected chi connectivity index (χ2v) is 4.84. The largest absolute Gasteiger partial charge is 0.295 e. The second-order valence-electron chi connectivity index (χ2n) is 4.84. The number of rotatable bonds is 1. The van der Waals surface area contributed by atoms with E-state index >= 15 is 0 Å². The monoisotopic (exact) mass is 178 g/mol. The minimum Gasteiger partial charge on any atom is -0.295 e. The van der Waals surface area contributed by atoms with Crippen LogP contribution in [0.25, 0.3) is 0 Å². The minimum atomic E-state index is 0.150. The molecule has 0 N–H and O–H groups in total. The molecule has 13 heavy (non-hydrogen) atoms. The van der Waals surface area contributed by atoms with Crippen LogP contribution in [0.2, 0.25) is 0 Å². The molecule has 0 radical (unpaired) electrons. The molecule has 1 aliphatic carbocycles. The molecule has 0 bridgehead atoms. The van der Waals surface area contributed by atoms with Crippen molar-refractivity contribution in [2.75, 3.05) is 0 Å². The maximum absolute atomic E-state index is 10.9. The van der Waals surface area contributed by atoms with Gasteiger partial charge in [0, 0.05) is 0 Å². The van der Waals surface area contributed by atoms with Crippen molar-refractivity contribution in [1.29, 1.82) is 0 Å². The normalized spacial score (nSPS) is 24.3. The van der Waals surface area contributed by atoms with Crippen LogP contribution >= 0.6 is 0 Å². The molecule has 0 heterocycles. The van der Waals surface area contributed by atoms with E-state index in [-0.39, 0.29) is 5.78 Å². The summed E-state index contributed by atoms with van der Waals surface area (Å²) in [5.41, 5.74) is 2.88.